The molecule has 1 N–H and O–H groups in total. The minimum atomic E-state index is -0.405. The highest BCUT2D eigenvalue weighted by Crippen LogP contribution is 2.38. The van der Waals surface area contributed by atoms with Crippen LogP contribution < -0.4 is 14.8 Å². The number of furan rings is 1. The number of ether oxygens (including phenoxy) is 2. The average molecular weight is 529 g/mol. The second-order valence-corrected chi connectivity index (χ2v) is 9.25. The number of anilines is 1. The summed E-state index contributed by atoms with van der Waals surface area (Å²) in [6, 6.07) is 22.0. The SMILES string of the molecule is CCC(=O)N1CCc2ccc(OCc3ccc(C(=O)Nc4ccc(OC)cc4)o3)cc2C1c1cccc(F)c1. The highest BCUT2D eigenvalue weighted by molar-refractivity contribution is 6.02. The number of halogens is 1. The molecular weight excluding hydrogens is 499 g/mol. The van der Waals surface area contributed by atoms with Crippen LogP contribution in [0.3, 0.4) is 0 Å². The number of nitrogens with zero attached hydrogens (tertiary/aromatic N) is 1. The Morgan fingerprint density at radius 3 is 2.56 bits per heavy atom. The highest BCUT2D eigenvalue weighted by atomic mass is 19.1. The molecule has 0 bridgehead atoms. The van der Waals surface area contributed by atoms with Gasteiger partial charge in [0.15, 0.2) is 5.76 Å². The third kappa shape index (κ3) is 5.80. The third-order valence-electron chi connectivity index (χ3n) is 6.75. The van der Waals surface area contributed by atoms with Gasteiger partial charge in [0.2, 0.25) is 5.91 Å². The molecule has 0 fully saturated rings. The molecular formula is C31H29FN2O5. The van der Waals surface area contributed by atoms with Crippen molar-refractivity contribution in [2.75, 3.05) is 19.0 Å². The van der Waals surface area contributed by atoms with Crippen molar-refractivity contribution in [3.63, 3.8) is 0 Å². The molecule has 8 heteroatoms. The second-order valence-electron chi connectivity index (χ2n) is 9.25. The van der Waals surface area contributed by atoms with Gasteiger partial charge in [0, 0.05) is 18.7 Å². The maximum Gasteiger partial charge on any atom is 0.291 e. The first-order chi connectivity index (χ1) is 18.9. The lowest BCUT2D eigenvalue weighted by Crippen LogP contribution is -2.40. The summed E-state index contributed by atoms with van der Waals surface area (Å²) in [5.74, 6) is 1.21. The molecule has 1 aliphatic heterocycles. The number of rotatable bonds is 8. The van der Waals surface area contributed by atoms with Gasteiger partial charge < -0.3 is 24.1 Å². The summed E-state index contributed by atoms with van der Waals surface area (Å²) in [6.07, 6.45) is 1.07. The van der Waals surface area contributed by atoms with Gasteiger partial charge in [-0.3, -0.25) is 9.59 Å². The minimum absolute atomic E-state index is 0.0114. The second kappa shape index (κ2) is 11.4. The maximum atomic E-state index is 14.1. The maximum absolute atomic E-state index is 14.1. The zero-order chi connectivity index (χ0) is 27.4. The quantitative estimate of drug-likeness (QED) is 0.297. The third-order valence-corrected chi connectivity index (χ3v) is 6.75. The Labute approximate surface area is 226 Å². The molecule has 1 aromatic heterocycles. The van der Waals surface area contributed by atoms with Gasteiger partial charge in [-0.2, -0.15) is 0 Å². The highest BCUT2D eigenvalue weighted by Gasteiger charge is 2.32. The number of hydrogen-bond donors (Lipinski definition) is 1. The van der Waals surface area contributed by atoms with Gasteiger partial charge in [0.1, 0.15) is 29.7 Å². The molecule has 4 aromatic rings. The van der Waals surface area contributed by atoms with Crippen molar-refractivity contribution >= 4 is 17.5 Å². The number of hydrogen-bond acceptors (Lipinski definition) is 5. The Balaban J connectivity index is 1.31. The van der Waals surface area contributed by atoms with Gasteiger partial charge in [-0.1, -0.05) is 25.1 Å². The summed E-state index contributed by atoms with van der Waals surface area (Å²) < 4.78 is 31.0. The predicted octanol–water partition coefficient (Wildman–Crippen LogP) is 6.14. The Morgan fingerprint density at radius 1 is 1.03 bits per heavy atom. The normalized spacial score (nSPS) is 14.4. The van der Waals surface area contributed by atoms with Crippen LogP contribution in [-0.2, 0) is 17.8 Å². The molecule has 1 atom stereocenters. The van der Waals surface area contributed by atoms with Crippen LogP contribution in [0.5, 0.6) is 11.5 Å². The van der Waals surface area contributed by atoms with E-state index in [1.54, 1.807) is 54.5 Å². The molecule has 0 radical (unpaired) electrons. The van der Waals surface area contributed by atoms with Crippen molar-refractivity contribution in [2.24, 2.45) is 0 Å². The van der Waals surface area contributed by atoms with Crippen LogP contribution in [0.1, 0.15) is 52.4 Å². The fraction of sp³-hybridized carbons (Fsp3) is 0.226. The number of amides is 2. The van der Waals surface area contributed by atoms with Crippen LogP contribution in [0.2, 0.25) is 0 Å². The molecule has 2 amide bonds. The van der Waals surface area contributed by atoms with Crippen molar-refractivity contribution in [1.29, 1.82) is 0 Å². The Kier molecular flexibility index (Phi) is 7.63. The van der Waals surface area contributed by atoms with Crippen molar-refractivity contribution in [2.45, 2.75) is 32.4 Å². The van der Waals surface area contributed by atoms with Crippen molar-refractivity contribution < 1.29 is 27.9 Å². The average Bonchev–Trinajstić information content (AvgIpc) is 3.44. The summed E-state index contributed by atoms with van der Waals surface area (Å²) >= 11 is 0. The molecule has 3 aromatic carbocycles. The first kappa shape index (κ1) is 26.0. The number of benzene rings is 3. The van der Waals surface area contributed by atoms with Crippen LogP contribution in [-0.4, -0.2) is 30.4 Å². The van der Waals surface area contributed by atoms with Gasteiger partial charge in [-0.25, -0.2) is 4.39 Å². The van der Waals surface area contributed by atoms with Gasteiger partial charge in [0.25, 0.3) is 5.91 Å². The predicted molar refractivity (Wildman–Crippen MR) is 144 cm³/mol. The van der Waals surface area contributed by atoms with Gasteiger partial charge in [-0.15, -0.1) is 0 Å². The molecule has 0 saturated heterocycles. The number of methoxy groups -OCH3 is 1. The van der Waals surface area contributed by atoms with E-state index in [0.717, 1.165) is 11.1 Å². The molecule has 1 aliphatic rings. The van der Waals surface area contributed by atoms with E-state index in [9.17, 15) is 14.0 Å². The smallest absolute Gasteiger partial charge is 0.291 e. The molecule has 1 unspecified atom stereocenters. The summed E-state index contributed by atoms with van der Waals surface area (Å²) in [5.41, 5.74) is 3.33. The standard InChI is InChI=1S/C31H29FN2O5/c1-3-29(35)34-16-15-20-7-10-25(18-27(20)30(34)21-5-4-6-22(32)17-21)38-19-26-13-14-28(39-26)31(36)33-23-8-11-24(37-2)12-9-23/h4-14,17-18,30H,3,15-16,19H2,1-2H3,(H,33,36). The van der Waals surface area contributed by atoms with Crippen LogP contribution in [0.15, 0.2) is 83.3 Å². The first-order valence-corrected chi connectivity index (χ1v) is 12.8. The van der Waals surface area contributed by atoms with E-state index in [1.165, 1.54) is 12.1 Å². The van der Waals surface area contributed by atoms with Crippen LogP contribution >= 0.6 is 0 Å². The van der Waals surface area contributed by atoms with E-state index in [-0.39, 0.29) is 30.0 Å². The van der Waals surface area contributed by atoms with E-state index in [2.05, 4.69) is 5.32 Å². The molecule has 2 heterocycles. The summed E-state index contributed by atoms with van der Waals surface area (Å²) in [4.78, 5) is 27.2. The van der Waals surface area contributed by atoms with Gasteiger partial charge >= 0.3 is 0 Å². The molecule has 39 heavy (non-hydrogen) atoms. The van der Waals surface area contributed by atoms with Crippen LogP contribution in [0, 0.1) is 5.82 Å². The van der Waals surface area contributed by atoms with Crippen molar-refractivity contribution in [3.05, 3.63) is 113 Å². The van der Waals surface area contributed by atoms with Crippen LogP contribution in [0.4, 0.5) is 10.1 Å². The zero-order valence-corrected chi connectivity index (χ0v) is 21.8. The number of carbonyl (C=O) groups is 2. The van der Waals surface area contributed by atoms with E-state index in [4.69, 9.17) is 13.9 Å². The van der Waals surface area contributed by atoms with Gasteiger partial charge in [0.05, 0.1) is 13.2 Å². The van der Waals surface area contributed by atoms with Crippen molar-refractivity contribution in [3.8, 4) is 11.5 Å². The lowest BCUT2D eigenvalue weighted by atomic mass is 9.87. The molecule has 0 aliphatic carbocycles. The molecule has 5 rings (SSSR count). The lowest BCUT2D eigenvalue weighted by molar-refractivity contribution is -0.132. The molecule has 0 saturated carbocycles. The molecule has 7 nitrogen and oxygen atoms in total. The number of fused-ring (bicyclic) bond motifs is 1. The fourth-order valence-corrected chi connectivity index (χ4v) is 4.79. The Hall–Kier alpha value is -4.59. The van der Waals surface area contributed by atoms with Crippen LogP contribution in [0.25, 0.3) is 0 Å². The van der Waals surface area contributed by atoms with Crippen molar-refractivity contribution in [1.82, 2.24) is 4.90 Å². The summed E-state index contributed by atoms with van der Waals surface area (Å²) in [7, 11) is 1.58. The van der Waals surface area contributed by atoms with E-state index in [1.807, 2.05) is 31.2 Å². The fourth-order valence-electron chi connectivity index (χ4n) is 4.79. The summed E-state index contributed by atoms with van der Waals surface area (Å²) in [6.45, 7) is 2.50. The summed E-state index contributed by atoms with van der Waals surface area (Å²) in [5, 5.41) is 2.79. The van der Waals surface area contributed by atoms with E-state index < -0.39 is 6.04 Å². The number of nitrogens with one attached hydrogen (secondary N) is 1. The zero-order valence-electron chi connectivity index (χ0n) is 21.8. The largest absolute Gasteiger partial charge is 0.497 e. The lowest BCUT2D eigenvalue weighted by Gasteiger charge is -2.38. The minimum Gasteiger partial charge on any atom is -0.497 e. The molecule has 0 spiro atoms. The first-order valence-electron chi connectivity index (χ1n) is 12.8. The van der Waals surface area contributed by atoms with E-state index >= 15 is 0 Å². The molecule has 200 valence electrons. The Bertz CT molecular complexity index is 1480. The van der Waals surface area contributed by atoms with Gasteiger partial charge in [-0.05, 0) is 83.8 Å². The van der Waals surface area contributed by atoms with E-state index in [0.29, 0.717) is 47.9 Å². The Morgan fingerprint density at radius 2 is 1.82 bits per heavy atom. The number of carbonyl (C=O) groups excluding carboxylic acids is 2. The monoisotopic (exact) mass is 528 g/mol. The topological polar surface area (TPSA) is 81.0 Å².